The summed E-state index contributed by atoms with van der Waals surface area (Å²) in [6.07, 6.45) is 2.46. The van der Waals surface area contributed by atoms with Crippen LogP contribution in [0.1, 0.15) is 29.5 Å². The van der Waals surface area contributed by atoms with Gasteiger partial charge in [-0.2, -0.15) is 9.41 Å². The van der Waals surface area contributed by atoms with Gasteiger partial charge in [0, 0.05) is 11.6 Å². The quantitative estimate of drug-likeness (QED) is 0.317. The lowest BCUT2D eigenvalue weighted by Crippen LogP contribution is -2.44. The van der Waals surface area contributed by atoms with Gasteiger partial charge in [-0.05, 0) is 73.4 Å². The minimum Gasteiger partial charge on any atom is -0.493 e. The molecule has 0 aromatic heterocycles. The van der Waals surface area contributed by atoms with Crippen molar-refractivity contribution < 1.29 is 22.7 Å². The minimum absolute atomic E-state index is 0.0944. The highest BCUT2D eigenvalue weighted by Gasteiger charge is 2.39. The van der Waals surface area contributed by atoms with Crippen molar-refractivity contribution in [1.82, 2.24) is 9.73 Å². The molecule has 194 valence electrons. The van der Waals surface area contributed by atoms with E-state index in [9.17, 15) is 13.2 Å². The molecular weight excluding hydrogens is 514 g/mol. The molecular formula is C27H28ClN3O5S. The van der Waals surface area contributed by atoms with Crippen LogP contribution in [-0.4, -0.2) is 44.5 Å². The van der Waals surface area contributed by atoms with Crippen molar-refractivity contribution in [3.05, 3.63) is 88.4 Å². The number of amides is 1. The Balaban J connectivity index is 1.39. The smallest absolute Gasteiger partial charge is 0.258 e. The number of methoxy groups -OCH3 is 1. The van der Waals surface area contributed by atoms with Gasteiger partial charge in [0.15, 0.2) is 11.5 Å². The largest absolute Gasteiger partial charge is 0.493 e. The third kappa shape index (κ3) is 6.49. The summed E-state index contributed by atoms with van der Waals surface area (Å²) in [5.74, 6) is 0.620. The van der Waals surface area contributed by atoms with Crippen molar-refractivity contribution in [1.29, 1.82) is 0 Å². The highest BCUT2D eigenvalue weighted by Crippen LogP contribution is 2.29. The maximum Gasteiger partial charge on any atom is 0.258 e. The summed E-state index contributed by atoms with van der Waals surface area (Å²) in [6, 6.07) is 18.4. The number of hydrazone groups is 1. The Morgan fingerprint density at radius 3 is 2.65 bits per heavy atom. The topological polar surface area (TPSA) is 97.3 Å². The molecule has 8 nitrogen and oxygen atoms in total. The number of aryl methyl sites for hydroxylation is 1. The first kappa shape index (κ1) is 26.7. The van der Waals surface area contributed by atoms with Gasteiger partial charge in [-0.3, -0.25) is 4.79 Å². The van der Waals surface area contributed by atoms with Crippen LogP contribution in [0.4, 0.5) is 0 Å². The number of nitrogens with zero attached hydrogens (tertiary/aromatic N) is 2. The lowest BCUT2D eigenvalue weighted by atomic mass is 10.1. The molecule has 37 heavy (non-hydrogen) atoms. The van der Waals surface area contributed by atoms with Gasteiger partial charge in [0.25, 0.3) is 5.91 Å². The van der Waals surface area contributed by atoms with Crippen LogP contribution in [-0.2, 0) is 21.4 Å². The maximum absolute atomic E-state index is 13.1. The zero-order chi connectivity index (χ0) is 26.4. The average molecular weight is 542 g/mol. The first-order valence-corrected chi connectivity index (χ1v) is 13.6. The van der Waals surface area contributed by atoms with Crippen molar-refractivity contribution in [2.45, 2.75) is 37.3 Å². The zero-order valence-corrected chi connectivity index (χ0v) is 22.1. The van der Waals surface area contributed by atoms with Crippen molar-refractivity contribution in [3.63, 3.8) is 0 Å². The average Bonchev–Trinajstić information content (AvgIpc) is 3.39. The van der Waals surface area contributed by atoms with Crippen molar-refractivity contribution >= 4 is 33.7 Å². The number of rotatable bonds is 9. The second-order valence-corrected chi connectivity index (χ2v) is 11.0. The number of hydrogen-bond acceptors (Lipinski definition) is 6. The molecule has 1 aliphatic rings. The molecule has 0 radical (unpaired) electrons. The summed E-state index contributed by atoms with van der Waals surface area (Å²) in [6.45, 7) is 2.69. The number of carbonyl (C=O) groups is 1. The molecule has 1 fully saturated rings. The molecule has 0 unspecified atom stereocenters. The SMILES string of the molecule is COc1cc(/C=N\NC(=O)[C@@H]2CCCN2S(=O)(=O)c2ccc(Cl)cc2)ccc1OCc1cccc(C)c1. The van der Waals surface area contributed by atoms with Gasteiger partial charge in [0.2, 0.25) is 10.0 Å². The molecule has 1 N–H and O–H groups in total. The van der Waals surface area contributed by atoms with Crippen LogP contribution in [0.25, 0.3) is 0 Å². The van der Waals surface area contributed by atoms with Gasteiger partial charge >= 0.3 is 0 Å². The first-order chi connectivity index (χ1) is 17.8. The second kappa shape index (κ2) is 11.8. The van der Waals surface area contributed by atoms with E-state index in [1.807, 2.05) is 25.1 Å². The third-order valence-corrected chi connectivity index (χ3v) is 8.15. The van der Waals surface area contributed by atoms with Gasteiger partial charge in [0.1, 0.15) is 12.6 Å². The zero-order valence-electron chi connectivity index (χ0n) is 20.6. The molecule has 1 atom stereocenters. The van der Waals surface area contributed by atoms with E-state index in [1.165, 1.54) is 34.8 Å². The number of carbonyl (C=O) groups excluding carboxylic acids is 1. The summed E-state index contributed by atoms with van der Waals surface area (Å²) in [4.78, 5) is 12.9. The van der Waals surface area contributed by atoms with Crippen LogP contribution in [0.3, 0.4) is 0 Å². The van der Waals surface area contributed by atoms with Crippen LogP contribution in [0.5, 0.6) is 11.5 Å². The molecule has 1 aliphatic heterocycles. The van der Waals surface area contributed by atoms with E-state index in [0.717, 1.165) is 11.1 Å². The van der Waals surface area contributed by atoms with E-state index in [0.29, 0.717) is 41.5 Å². The fourth-order valence-electron chi connectivity index (χ4n) is 4.12. The molecule has 1 heterocycles. The number of sulfonamides is 1. The Hall–Kier alpha value is -3.40. The summed E-state index contributed by atoms with van der Waals surface area (Å²) < 4.78 is 38.7. The van der Waals surface area contributed by atoms with Crippen LogP contribution in [0.2, 0.25) is 5.02 Å². The Morgan fingerprint density at radius 2 is 1.92 bits per heavy atom. The number of hydrogen-bond donors (Lipinski definition) is 1. The second-order valence-electron chi connectivity index (χ2n) is 8.65. The monoisotopic (exact) mass is 541 g/mol. The van der Waals surface area contributed by atoms with Crippen LogP contribution >= 0.6 is 11.6 Å². The molecule has 0 aliphatic carbocycles. The third-order valence-electron chi connectivity index (χ3n) is 5.98. The highest BCUT2D eigenvalue weighted by molar-refractivity contribution is 7.89. The van der Waals surface area contributed by atoms with Crippen LogP contribution in [0.15, 0.2) is 76.7 Å². The van der Waals surface area contributed by atoms with E-state index >= 15 is 0 Å². The molecule has 10 heteroatoms. The van der Waals surface area contributed by atoms with E-state index in [4.69, 9.17) is 21.1 Å². The predicted molar refractivity (Wildman–Crippen MR) is 143 cm³/mol. The number of benzene rings is 3. The van der Waals surface area contributed by atoms with Crippen LogP contribution in [0, 0.1) is 6.92 Å². The fourth-order valence-corrected chi connectivity index (χ4v) is 5.91. The normalized spacial score (nSPS) is 16.1. The summed E-state index contributed by atoms with van der Waals surface area (Å²) in [7, 11) is -2.29. The minimum atomic E-state index is -3.84. The Bertz CT molecular complexity index is 1390. The lowest BCUT2D eigenvalue weighted by Gasteiger charge is -2.22. The van der Waals surface area contributed by atoms with Gasteiger partial charge < -0.3 is 9.47 Å². The molecule has 3 aromatic rings. The van der Waals surface area contributed by atoms with E-state index in [-0.39, 0.29) is 11.4 Å². The van der Waals surface area contributed by atoms with E-state index < -0.39 is 22.0 Å². The molecule has 0 spiro atoms. The number of halogens is 1. The van der Waals surface area contributed by atoms with Crippen LogP contribution < -0.4 is 14.9 Å². The van der Waals surface area contributed by atoms with Gasteiger partial charge in [0.05, 0.1) is 18.2 Å². The van der Waals surface area contributed by atoms with E-state index in [2.05, 4.69) is 16.6 Å². The summed E-state index contributed by atoms with van der Waals surface area (Å²) >= 11 is 5.88. The molecule has 3 aromatic carbocycles. The summed E-state index contributed by atoms with van der Waals surface area (Å²) in [5, 5.41) is 4.47. The molecule has 1 amide bonds. The maximum atomic E-state index is 13.1. The molecule has 4 rings (SSSR count). The Morgan fingerprint density at radius 1 is 1.14 bits per heavy atom. The van der Waals surface area contributed by atoms with Gasteiger partial charge in [-0.1, -0.05) is 41.4 Å². The summed E-state index contributed by atoms with van der Waals surface area (Å²) in [5.41, 5.74) is 5.36. The van der Waals surface area contributed by atoms with E-state index in [1.54, 1.807) is 25.3 Å². The molecule has 0 saturated carbocycles. The predicted octanol–water partition coefficient (Wildman–Crippen LogP) is 4.54. The molecule has 0 bridgehead atoms. The fraction of sp³-hybridized carbons (Fsp3) is 0.259. The standard InChI is InChI=1S/C27H28ClN3O5S/c1-19-5-3-6-21(15-19)18-36-25-13-8-20(16-26(25)35-2)17-29-30-27(32)24-7-4-14-31(24)37(33,34)23-11-9-22(28)10-12-23/h3,5-6,8-13,15-17,24H,4,7,14,18H2,1-2H3,(H,30,32)/b29-17-/t24-/m0/s1. The van der Waals surface area contributed by atoms with Gasteiger partial charge in [-0.15, -0.1) is 0 Å². The number of ether oxygens (including phenoxy) is 2. The molecule has 1 saturated heterocycles. The Kier molecular flexibility index (Phi) is 8.48. The van der Waals surface area contributed by atoms with Crippen molar-refractivity contribution in [2.75, 3.05) is 13.7 Å². The highest BCUT2D eigenvalue weighted by atomic mass is 35.5. The lowest BCUT2D eigenvalue weighted by molar-refractivity contribution is -0.124. The number of nitrogens with one attached hydrogen (secondary N) is 1. The van der Waals surface area contributed by atoms with Gasteiger partial charge in [-0.25, -0.2) is 13.8 Å². The first-order valence-electron chi connectivity index (χ1n) is 11.7. The Labute approximate surface area is 221 Å². The van der Waals surface area contributed by atoms with Crippen molar-refractivity contribution in [3.8, 4) is 11.5 Å². The van der Waals surface area contributed by atoms with Crippen molar-refractivity contribution in [2.24, 2.45) is 5.10 Å².